The zero-order valence-corrected chi connectivity index (χ0v) is 11.2. The first kappa shape index (κ1) is 14.9. The van der Waals surface area contributed by atoms with Crippen LogP contribution in [0.25, 0.3) is 0 Å². The van der Waals surface area contributed by atoms with Crippen molar-refractivity contribution in [3.63, 3.8) is 0 Å². The van der Waals surface area contributed by atoms with Crippen molar-refractivity contribution in [2.45, 2.75) is 33.4 Å². The molecule has 0 aliphatic heterocycles. The molecule has 1 aromatic heterocycles. The Kier molecular flexibility index (Phi) is 5.29. The van der Waals surface area contributed by atoms with E-state index in [2.05, 4.69) is 10.3 Å². The zero-order valence-electron chi connectivity index (χ0n) is 11.2. The molecule has 6 heteroatoms. The first-order valence-electron chi connectivity index (χ1n) is 6.03. The number of carboxylic acids is 1. The van der Waals surface area contributed by atoms with Crippen molar-refractivity contribution in [1.82, 2.24) is 10.3 Å². The molecule has 0 radical (unpaired) electrons. The second-order valence-corrected chi connectivity index (χ2v) is 4.41. The Balaban J connectivity index is 2.67. The topological polar surface area (TPSA) is 88.5 Å². The fourth-order valence-electron chi connectivity index (χ4n) is 1.34. The van der Waals surface area contributed by atoms with E-state index in [-0.39, 0.29) is 12.6 Å². The predicted molar refractivity (Wildman–Crippen MR) is 68.6 cm³/mol. The van der Waals surface area contributed by atoms with Crippen LogP contribution in [-0.2, 0) is 16.1 Å². The van der Waals surface area contributed by atoms with E-state index < -0.39 is 17.8 Å². The molecular formula is C13H18N2O4. The summed E-state index contributed by atoms with van der Waals surface area (Å²) in [6.07, 6.45) is 1.57. The van der Waals surface area contributed by atoms with E-state index in [9.17, 15) is 9.59 Å². The number of nitrogens with zero attached hydrogens (tertiary/aromatic N) is 1. The fraction of sp³-hybridized carbons (Fsp3) is 0.462. The minimum absolute atomic E-state index is 0.0257. The molecule has 0 aromatic carbocycles. The van der Waals surface area contributed by atoms with Crippen LogP contribution in [0.2, 0.25) is 0 Å². The third-order valence-electron chi connectivity index (χ3n) is 2.41. The summed E-state index contributed by atoms with van der Waals surface area (Å²) in [5.74, 6) is -2.32. The van der Waals surface area contributed by atoms with Crippen LogP contribution in [0, 0.1) is 5.92 Å². The van der Waals surface area contributed by atoms with Crippen molar-refractivity contribution in [2.24, 2.45) is 5.92 Å². The van der Waals surface area contributed by atoms with Crippen molar-refractivity contribution in [2.75, 3.05) is 0 Å². The molecule has 1 aromatic rings. The second kappa shape index (κ2) is 6.72. The molecule has 2 N–H and O–H groups in total. The molecule has 1 unspecified atom stereocenters. The number of aliphatic carboxylic acids is 1. The van der Waals surface area contributed by atoms with Gasteiger partial charge in [-0.2, -0.15) is 0 Å². The lowest BCUT2D eigenvalue weighted by molar-refractivity contribution is -0.146. The van der Waals surface area contributed by atoms with Crippen molar-refractivity contribution in [3.8, 4) is 5.88 Å². The smallest absolute Gasteiger partial charge is 0.315 e. The van der Waals surface area contributed by atoms with Crippen LogP contribution in [0.1, 0.15) is 26.3 Å². The molecule has 0 saturated heterocycles. The quantitative estimate of drug-likeness (QED) is 0.755. The summed E-state index contributed by atoms with van der Waals surface area (Å²) >= 11 is 0. The van der Waals surface area contributed by atoms with Gasteiger partial charge in [0, 0.05) is 18.3 Å². The Morgan fingerprint density at radius 3 is 2.68 bits per heavy atom. The van der Waals surface area contributed by atoms with Gasteiger partial charge in [-0.15, -0.1) is 0 Å². The number of hydrogen-bond acceptors (Lipinski definition) is 4. The summed E-state index contributed by atoms with van der Waals surface area (Å²) in [6, 6.07) is 3.51. The van der Waals surface area contributed by atoms with Crippen LogP contribution >= 0.6 is 0 Å². The molecule has 104 valence electrons. The largest absolute Gasteiger partial charge is 0.481 e. The summed E-state index contributed by atoms with van der Waals surface area (Å²) in [4.78, 5) is 26.3. The summed E-state index contributed by atoms with van der Waals surface area (Å²) in [5.41, 5.74) is 0.710. The number of carbonyl (C=O) groups excluding carboxylic acids is 1. The standard InChI is InChI=1S/C13H18N2O4/c1-8(2)19-12-10(5-4-6-14-12)7-15-11(16)9(3)13(17)18/h4-6,8-9H,7H2,1-3H3,(H,15,16)(H,17,18). The number of rotatable bonds is 6. The third-order valence-corrected chi connectivity index (χ3v) is 2.41. The van der Waals surface area contributed by atoms with E-state index in [1.54, 1.807) is 18.3 Å². The molecule has 1 rings (SSSR count). The highest BCUT2D eigenvalue weighted by molar-refractivity contribution is 5.96. The average molecular weight is 266 g/mol. The van der Waals surface area contributed by atoms with Crippen molar-refractivity contribution < 1.29 is 19.4 Å². The van der Waals surface area contributed by atoms with Gasteiger partial charge in [-0.3, -0.25) is 9.59 Å². The van der Waals surface area contributed by atoms with Gasteiger partial charge in [0.2, 0.25) is 11.8 Å². The number of hydrogen-bond donors (Lipinski definition) is 2. The Bertz CT molecular complexity index is 460. The summed E-state index contributed by atoms with van der Waals surface area (Å²) in [6.45, 7) is 5.28. The maximum absolute atomic E-state index is 11.5. The van der Waals surface area contributed by atoms with E-state index in [0.717, 1.165) is 0 Å². The molecule has 0 fully saturated rings. The molecule has 1 amide bonds. The summed E-state index contributed by atoms with van der Waals surface area (Å²) in [7, 11) is 0. The number of amides is 1. The van der Waals surface area contributed by atoms with E-state index in [0.29, 0.717) is 11.4 Å². The highest BCUT2D eigenvalue weighted by atomic mass is 16.5. The Morgan fingerprint density at radius 1 is 1.42 bits per heavy atom. The molecule has 1 heterocycles. The highest BCUT2D eigenvalue weighted by Crippen LogP contribution is 2.15. The van der Waals surface area contributed by atoms with E-state index >= 15 is 0 Å². The van der Waals surface area contributed by atoms with Gasteiger partial charge in [0.1, 0.15) is 5.92 Å². The average Bonchev–Trinajstić information content (AvgIpc) is 2.35. The third kappa shape index (κ3) is 4.57. The van der Waals surface area contributed by atoms with Crippen LogP contribution in [0.15, 0.2) is 18.3 Å². The van der Waals surface area contributed by atoms with E-state index in [1.807, 2.05) is 13.8 Å². The van der Waals surface area contributed by atoms with Crippen molar-refractivity contribution in [3.05, 3.63) is 23.9 Å². The van der Waals surface area contributed by atoms with Gasteiger partial charge in [0.05, 0.1) is 6.10 Å². The minimum atomic E-state index is -1.15. The normalized spacial score (nSPS) is 12.0. The molecule has 6 nitrogen and oxygen atoms in total. The highest BCUT2D eigenvalue weighted by Gasteiger charge is 2.20. The number of aromatic nitrogens is 1. The predicted octanol–water partition coefficient (Wildman–Crippen LogP) is 1.21. The maximum atomic E-state index is 11.5. The first-order valence-corrected chi connectivity index (χ1v) is 6.03. The zero-order chi connectivity index (χ0) is 14.4. The molecular weight excluding hydrogens is 248 g/mol. The number of nitrogens with one attached hydrogen (secondary N) is 1. The second-order valence-electron chi connectivity index (χ2n) is 4.41. The molecule has 0 aliphatic rings. The van der Waals surface area contributed by atoms with E-state index in [1.165, 1.54) is 6.92 Å². The number of pyridine rings is 1. The number of carbonyl (C=O) groups is 2. The Hall–Kier alpha value is -2.11. The van der Waals surface area contributed by atoms with Gasteiger partial charge in [-0.1, -0.05) is 6.07 Å². The molecule has 0 saturated carbocycles. The van der Waals surface area contributed by atoms with Gasteiger partial charge < -0.3 is 15.2 Å². The number of carboxylic acid groups (broad SMARTS) is 1. The fourth-order valence-corrected chi connectivity index (χ4v) is 1.34. The van der Waals surface area contributed by atoms with Gasteiger partial charge in [0.25, 0.3) is 0 Å². The molecule has 0 spiro atoms. The van der Waals surface area contributed by atoms with Gasteiger partial charge in [-0.25, -0.2) is 4.98 Å². The van der Waals surface area contributed by atoms with Crippen molar-refractivity contribution >= 4 is 11.9 Å². The van der Waals surface area contributed by atoms with E-state index in [4.69, 9.17) is 9.84 Å². The van der Waals surface area contributed by atoms with Gasteiger partial charge >= 0.3 is 5.97 Å². The lowest BCUT2D eigenvalue weighted by atomic mass is 10.1. The SMILES string of the molecule is CC(C)Oc1ncccc1CNC(=O)C(C)C(=O)O. The van der Waals surface area contributed by atoms with Crippen LogP contribution in [-0.4, -0.2) is 28.1 Å². The molecule has 1 atom stereocenters. The lowest BCUT2D eigenvalue weighted by Gasteiger charge is -2.14. The van der Waals surface area contributed by atoms with Crippen LogP contribution < -0.4 is 10.1 Å². The summed E-state index contributed by atoms with van der Waals surface area (Å²) in [5, 5.41) is 11.3. The number of ether oxygens (including phenoxy) is 1. The molecule has 0 aliphatic carbocycles. The molecule has 19 heavy (non-hydrogen) atoms. The van der Waals surface area contributed by atoms with Crippen LogP contribution in [0.3, 0.4) is 0 Å². The monoisotopic (exact) mass is 266 g/mol. The Labute approximate surface area is 111 Å². The molecule has 0 bridgehead atoms. The maximum Gasteiger partial charge on any atom is 0.315 e. The summed E-state index contributed by atoms with van der Waals surface area (Å²) < 4.78 is 5.51. The van der Waals surface area contributed by atoms with Gasteiger partial charge in [-0.05, 0) is 26.8 Å². The first-order chi connectivity index (χ1) is 8.91. The van der Waals surface area contributed by atoms with Gasteiger partial charge in [0.15, 0.2) is 0 Å². The Morgan fingerprint density at radius 2 is 2.11 bits per heavy atom. The lowest BCUT2D eigenvalue weighted by Crippen LogP contribution is -2.33. The van der Waals surface area contributed by atoms with Crippen molar-refractivity contribution in [1.29, 1.82) is 0 Å². The minimum Gasteiger partial charge on any atom is -0.481 e. The van der Waals surface area contributed by atoms with Crippen LogP contribution in [0.4, 0.5) is 0 Å². The van der Waals surface area contributed by atoms with Crippen LogP contribution in [0.5, 0.6) is 5.88 Å².